The first-order chi connectivity index (χ1) is 11.4. The van der Waals surface area contributed by atoms with E-state index in [1.807, 2.05) is 31.2 Å². The summed E-state index contributed by atoms with van der Waals surface area (Å²) >= 11 is 5.05. The topological polar surface area (TPSA) is 93.5 Å². The van der Waals surface area contributed by atoms with E-state index >= 15 is 0 Å². The summed E-state index contributed by atoms with van der Waals surface area (Å²) in [6.45, 7) is 1.72. The van der Waals surface area contributed by atoms with Crippen molar-refractivity contribution in [1.82, 2.24) is 5.32 Å². The molecule has 0 aliphatic carbocycles. The second-order valence-electron chi connectivity index (χ2n) is 4.91. The van der Waals surface area contributed by atoms with Gasteiger partial charge in [0, 0.05) is 17.8 Å². The minimum Gasteiger partial charge on any atom is -0.484 e. The van der Waals surface area contributed by atoms with Crippen LogP contribution in [0.1, 0.15) is 5.56 Å². The number of ether oxygens (including phenoxy) is 1. The molecule has 0 aliphatic rings. The summed E-state index contributed by atoms with van der Waals surface area (Å²) in [5.74, 6) is -0.0777. The smallest absolute Gasteiger partial charge is 0.269 e. The Hall–Kier alpha value is -3.00. The van der Waals surface area contributed by atoms with Crippen molar-refractivity contribution >= 4 is 34.6 Å². The largest absolute Gasteiger partial charge is 0.484 e. The van der Waals surface area contributed by atoms with Gasteiger partial charge in [-0.25, -0.2) is 0 Å². The first kappa shape index (κ1) is 17.4. The maximum atomic E-state index is 11.8. The molecule has 0 unspecified atom stereocenters. The molecule has 0 heterocycles. The quantitative estimate of drug-likeness (QED) is 0.492. The van der Waals surface area contributed by atoms with Crippen molar-refractivity contribution < 1.29 is 14.5 Å². The number of aryl methyl sites for hydroxylation is 1. The summed E-state index contributed by atoms with van der Waals surface area (Å²) in [6.07, 6.45) is 0. The van der Waals surface area contributed by atoms with Crippen LogP contribution in [0.4, 0.5) is 11.4 Å². The first-order valence-electron chi connectivity index (χ1n) is 6.99. The fourth-order valence-electron chi connectivity index (χ4n) is 1.77. The lowest BCUT2D eigenvalue weighted by Crippen LogP contribution is -2.37. The Labute approximate surface area is 143 Å². The molecule has 2 aromatic rings. The van der Waals surface area contributed by atoms with Crippen molar-refractivity contribution in [3.05, 3.63) is 64.2 Å². The number of nitrogens with one attached hydrogen (secondary N) is 2. The second-order valence-corrected chi connectivity index (χ2v) is 5.32. The fraction of sp³-hybridized carbons (Fsp3) is 0.125. The molecule has 124 valence electrons. The molecular formula is C16H15N3O4S. The fourth-order valence-corrected chi connectivity index (χ4v) is 2.01. The first-order valence-corrected chi connectivity index (χ1v) is 7.39. The molecule has 0 saturated carbocycles. The Balaban J connectivity index is 1.79. The van der Waals surface area contributed by atoms with Crippen LogP contribution in [-0.2, 0) is 4.79 Å². The third-order valence-corrected chi connectivity index (χ3v) is 3.18. The third-order valence-electron chi connectivity index (χ3n) is 2.98. The molecule has 2 N–H and O–H groups in total. The number of hydrogen-bond donors (Lipinski definition) is 2. The van der Waals surface area contributed by atoms with Crippen LogP contribution in [-0.4, -0.2) is 22.5 Å². The Morgan fingerprint density at radius 2 is 1.79 bits per heavy atom. The lowest BCUT2D eigenvalue weighted by atomic mass is 10.2. The highest BCUT2D eigenvalue weighted by Gasteiger charge is 2.08. The van der Waals surface area contributed by atoms with E-state index in [2.05, 4.69) is 10.6 Å². The number of carbonyl (C=O) groups excluding carboxylic acids is 1. The predicted octanol–water partition coefficient (Wildman–Crippen LogP) is 2.80. The van der Waals surface area contributed by atoms with E-state index in [0.29, 0.717) is 5.75 Å². The summed E-state index contributed by atoms with van der Waals surface area (Å²) in [6, 6.07) is 13.0. The molecule has 24 heavy (non-hydrogen) atoms. The Morgan fingerprint density at radius 1 is 1.17 bits per heavy atom. The number of rotatable bonds is 5. The monoisotopic (exact) mass is 345 g/mol. The van der Waals surface area contributed by atoms with Crippen LogP contribution < -0.4 is 15.4 Å². The molecular weight excluding hydrogens is 330 g/mol. The molecule has 1 amide bonds. The van der Waals surface area contributed by atoms with Crippen LogP contribution in [0.3, 0.4) is 0 Å². The number of benzene rings is 2. The highest BCUT2D eigenvalue weighted by Crippen LogP contribution is 2.17. The molecule has 0 saturated heterocycles. The van der Waals surface area contributed by atoms with Gasteiger partial charge in [-0.05, 0) is 43.4 Å². The van der Waals surface area contributed by atoms with E-state index < -0.39 is 10.8 Å². The minimum absolute atomic E-state index is 0.0460. The van der Waals surface area contributed by atoms with Gasteiger partial charge >= 0.3 is 0 Å². The summed E-state index contributed by atoms with van der Waals surface area (Å²) in [4.78, 5) is 21.8. The lowest BCUT2D eigenvalue weighted by Gasteiger charge is -2.10. The predicted molar refractivity (Wildman–Crippen MR) is 94.1 cm³/mol. The maximum absolute atomic E-state index is 11.8. The number of nitrogens with zero attached hydrogens (tertiary/aromatic N) is 1. The number of nitro benzene ring substituents is 1. The van der Waals surface area contributed by atoms with E-state index in [-0.39, 0.29) is 17.4 Å². The van der Waals surface area contributed by atoms with Gasteiger partial charge < -0.3 is 10.1 Å². The van der Waals surface area contributed by atoms with Gasteiger partial charge in [0.1, 0.15) is 5.75 Å². The van der Waals surface area contributed by atoms with Crippen LogP contribution >= 0.6 is 12.2 Å². The number of amides is 1. The van der Waals surface area contributed by atoms with Gasteiger partial charge in [0.25, 0.3) is 11.6 Å². The van der Waals surface area contributed by atoms with Gasteiger partial charge in [-0.15, -0.1) is 0 Å². The zero-order chi connectivity index (χ0) is 17.5. The highest BCUT2D eigenvalue weighted by atomic mass is 32.1. The van der Waals surface area contributed by atoms with Gasteiger partial charge in [0.2, 0.25) is 0 Å². The normalized spacial score (nSPS) is 9.88. The molecule has 8 heteroatoms. The second kappa shape index (κ2) is 8.02. The van der Waals surface area contributed by atoms with E-state index in [9.17, 15) is 14.9 Å². The lowest BCUT2D eigenvalue weighted by molar-refractivity contribution is -0.384. The van der Waals surface area contributed by atoms with Crippen LogP contribution in [0, 0.1) is 17.0 Å². The highest BCUT2D eigenvalue weighted by molar-refractivity contribution is 7.80. The third kappa shape index (κ3) is 5.33. The van der Waals surface area contributed by atoms with Crippen LogP contribution in [0.15, 0.2) is 48.5 Å². The van der Waals surface area contributed by atoms with E-state index in [1.165, 1.54) is 24.3 Å². The van der Waals surface area contributed by atoms with Crippen LogP contribution in [0.2, 0.25) is 0 Å². The van der Waals surface area contributed by atoms with Crippen LogP contribution in [0.25, 0.3) is 0 Å². The van der Waals surface area contributed by atoms with Crippen molar-refractivity contribution in [3.8, 4) is 5.75 Å². The van der Waals surface area contributed by atoms with Crippen LogP contribution in [0.5, 0.6) is 5.75 Å². The Bertz CT molecular complexity index is 745. The number of anilines is 1. The summed E-state index contributed by atoms with van der Waals surface area (Å²) < 4.78 is 5.25. The van der Waals surface area contributed by atoms with Gasteiger partial charge in [-0.1, -0.05) is 17.7 Å². The van der Waals surface area contributed by atoms with E-state index in [4.69, 9.17) is 17.0 Å². The number of non-ortho nitro benzene ring substituents is 1. The van der Waals surface area contributed by atoms with Gasteiger partial charge in [-0.3, -0.25) is 20.2 Å². The molecule has 0 bridgehead atoms. The standard InChI is InChI=1S/C16H15N3O4S/c1-11-2-4-12(5-3-11)17-16(24)18-15(20)10-23-14-8-6-13(7-9-14)19(21)22/h2-9H,10H2,1H3,(H2,17,18,20,24). The summed E-state index contributed by atoms with van der Waals surface area (Å²) in [5.41, 5.74) is 1.84. The molecule has 0 fully saturated rings. The number of hydrogen-bond acceptors (Lipinski definition) is 5. The van der Waals surface area contributed by atoms with Crippen molar-refractivity contribution in [3.63, 3.8) is 0 Å². The molecule has 7 nitrogen and oxygen atoms in total. The Kier molecular flexibility index (Phi) is 5.80. The van der Waals surface area contributed by atoms with Gasteiger partial charge in [0.05, 0.1) is 4.92 Å². The van der Waals surface area contributed by atoms with Gasteiger partial charge in [0.15, 0.2) is 11.7 Å². The zero-order valence-corrected chi connectivity index (χ0v) is 13.6. The average molecular weight is 345 g/mol. The molecule has 0 aromatic heterocycles. The minimum atomic E-state index is -0.508. The molecule has 0 spiro atoms. The van der Waals surface area contributed by atoms with E-state index in [1.54, 1.807) is 0 Å². The van der Waals surface area contributed by atoms with Crippen molar-refractivity contribution in [2.75, 3.05) is 11.9 Å². The molecule has 0 atom stereocenters. The number of nitro groups is 1. The SMILES string of the molecule is Cc1ccc(NC(=S)NC(=O)COc2ccc([N+](=O)[O-])cc2)cc1. The Morgan fingerprint density at radius 3 is 2.38 bits per heavy atom. The summed E-state index contributed by atoms with van der Waals surface area (Å²) in [5, 5.41) is 16.1. The van der Waals surface area contributed by atoms with Crippen molar-refractivity contribution in [2.24, 2.45) is 0 Å². The number of carbonyl (C=O) groups is 1. The van der Waals surface area contributed by atoms with Crippen molar-refractivity contribution in [1.29, 1.82) is 0 Å². The number of thiocarbonyl (C=S) groups is 1. The van der Waals surface area contributed by atoms with Crippen molar-refractivity contribution in [2.45, 2.75) is 6.92 Å². The zero-order valence-electron chi connectivity index (χ0n) is 12.8. The molecule has 2 aromatic carbocycles. The maximum Gasteiger partial charge on any atom is 0.269 e. The molecule has 2 rings (SSSR count). The van der Waals surface area contributed by atoms with Gasteiger partial charge in [-0.2, -0.15) is 0 Å². The average Bonchev–Trinajstić information content (AvgIpc) is 2.55. The van der Waals surface area contributed by atoms with E-state index in [0.717, 1.165) is 11.3 Å². The summed E-state index contributed by atoms with van der Waals surface area (Å²) in [7, 11) is 0. The molecule has 0 aliphatic heterocycles. The molecule has 0 radical (unpaired) electrons.